The van der Waals surface area contributed by atoms with Gasteiger partial charge in [0.1, 0.15) is 25.4 Å². The number of benzene rings is 2. The lowest BCUT2D eigenvalue weighted by molar-refractivity contribution is -0.934. The number of carbonyl (C=O) groups is 3. The van der Waals surface area contributed by atoms with Gasteiger partial charge in [-0.05, 0) is 54.3 Å². The van der Waals surface area contributed by atoms with Gasteiger partial charge in [-0.15, -0.1) is 0 Å². The molecule has 2 saturated heterocycles. The topological polar surface area (TPSA) is 66.5 Å². The monoisotopic (exact) mass is 529 g/mol. The number of nitrogens with one attached hydrogen (secondary N) is 1. The number of ketones is 1. The van der Waals surface area contributed by atoms with E-state index in [4.69, 9.17) is 0 Å². The van der Waals surface area contributed by atoms with Gasteiger partial charge in [-0.3, -0.25) is 14.4 Å². The van der Waals surface area contributed by atoms with E-state index in [1.54, 1.807) is 11.8 Å². The third-order valence-corrected chi connectivity index (χ3v) is 10.00. The summed E-state index contributed by atoms with van der Waals surface area (Å²) in [5, 5.41) is 3.67. The molecule has 2 bridgehead atoms. The van der Waals surface area contributed by atoms with Gasteiger partial charge >= 0.3 is 0 Å². The number of halogens is 1. The molecular weight excluding hydrogens is 498 g/mol. The first kappa shape index (κ1) is 25.1. The zero-order valence-corrected chi connectivity index (χ0v) is 22.6. The van der Waals surface area contributed by atoms with Crippen LogP contribution in [0, 0.1) is 5.92 Å². The Morgan fingerprint density at radius 3 is 2.79 bits per heavy atom. The molecule has 4 aliphatic heterocycles. The quantitative estimate of drug-likeness (QED) is 0.279. The van der Waals surface area contributed by atoms with E-state index in [2.05, 4.69) is 36.5 Å². The number of Topliss-reactive ketones (excluding diaryl/α,β-unsaturated/α-hetero) is 1. The lowest BCUT2D eigenvalue weighted by Gasteiger charge is -2.53. The normalized spacial score (nSPS) is 30.8. The Hall–Kier alpha value is -3.22. The molecule has 1 aliphatic carbocycles. The highest BCUT2D eigenvalue weighted by Crippen LogP contribution is 2.63. The van der Waals surface area contributed by atoms with Crippen molar-refractivity contribution >= 4 is 29.4 Å². The number of piperidine rings is 1. The van der Waals surface area contributed by atoms with Crippen LogP contribution in [0.4, 0.5) is 11.4 Å². The molecule has 2 aromatic rings. The molecule has 2 aromatic carbocycles. The van der Waals surface area contributed by atoms with Crippen molar-refractivity contribution in [2.75, 3.05) is 36.4 Å². The van der Waals surface area contributed by atoms with Crippen LogP contribution in [-0.2, 0) is 21.4 Å². The average Bonchev–Trinajstić information content (AvgIpc) is 3.58. The lowest BCUT2D eigenvalue weighted by Crippen LogP contribution is -3.00. The van der Waals surface area contributed by atoms with Crippen molar-refractivity contribution in [3.8, 4) is 0 Å². The average molecular weight is 530 g/mol. The summed E-state index contributed by atoms with van der Waals surface area (Å²) in [6.07, 6.45) is 5.88. The first-order chi connectivity index (χ1) is 17.9. The number of amides is 1. The molecule has 0 radical (unpaired) electrons. The fourth-order valence-corrected chi connectivity index (χ4v) is 8.41. The highest BCUT2D eigenvalue weighted by Gasteiger charge is 2.68. The summed E-state index contributed by atoms with van der Waals surface area (Å²) >= 11 is 0. The summed E-state index contributed by atoms with van der Waals surface area (Å²) in [5.41, 5.74) is 8.17. The van der Waals surface area contributed by atoms with E-state index in [1.165, 1.54) is 11.1 Å². The number of nitrogens with zero attached hydrogens (tertiary/aromatic N) is 2. The molecule has 0 saturated carbocycles. The summed E-state index contributed by atoms with van der Waals surface area (Å²) < 4.78 is 0.747. The minimum atomic E-state index is -0.233. The van der Waals surface area contributed by atoms with Gasteiger partial charge in [0.25, 0.3) is 0 Å². The SMILES string of the molecule is C/C=C1/C[N+]2(CC(=O)c3ccc4c(c3)CCN4C(C)=O)CC[C@]34C(=C(C=O)[C@H]1C[C@@H]32)Nc1ccccc14.[Cl-]. The number of hydrogen-bond acceptors (Lipinski definition) is 4. The minimum absolute atomic E-state index is 0. The van der Waals surface area contributed by atoms with E-state index in [0.29, 0.717) is 13.1 Å². The number of aldehydes is 1. The van der Waals surface area contributed by atoms with Crippen molar-refractivity contribution < 1.29 is 31.3 Å². The Morgan fingerprint density at radius 1 is 1.21 bits per heavy atom. The van der Waals surface area contributed by atoms with Crippen LogP contribution in [0.5, 0.6) is 0 Å². The second-order valence-corrected chi connectivity index (χ2v) is 11.5. The van der Waals surface area contributed by atoms with Gasteiger partial charge in [-0.25, -0.2) is 0 Å². The first-order valence-corrected chi connectivity index (χ1v) is 13.4. The van der Waals surface area contributed by atoms with Crippen LogP contribution < -0.4 is 22.6 Å². The fraction of sp³-hybridized carbons (Fsp3) is 0.387. The van der Waals surface area contributed by atoms with E-state index in [-0.39, 0.29) is 41.5 Å². The first-order valence-electron chi connectivity index (χ1n) is 13.4. The molecule has 1 unspecified atom stereocenters. The van der Waals surface area contributed by atoms with E-state index < -0.39 is 0 Å². The van der Waals surface area contributed by atoms with Crippen LogP contribution >= 0.6 is 0 Å². The highest BCUT2D eigenvalue weighted by atomic mass is 35.5. The van der Waals surface area contributed by atoms with Gasteiger partial charge in [-0.2, -0.15) is 0 Å². The maximum atomic E-state index is 13.9. The molecular formula is C31H32ClN3O3. The molecule has 0 aromatic heterocycles. The summed E-state index contributed by atoms with van der Waals surface area (Å²) in [6.45, 7) is 6.52. The molecule has 1 amide bonds. The third kappa shape index (κ3) is 3.13. The Labute approximate surface area is 229 Å². The van der Waals surface area contributed by atoms with E-state index >= 15 is 0 Å². The number of quaternary nitrogens is 1. The number of para-hydroxylation sites is 1. The van der Waals surface area contributed by atoms with Crippen molar-refractivity contribution in [2.45, 2.75) is 44.6 Å². The molecule has 1 spiro atoms. The minimum Gasteiger partial charge on any atom is -1.00 e. The van der Waals surface area contributed by atoms with Crippen LogP contribution in [0.2, 0.25) is 0 Å². The molecule has 6 nitrogen and oxygen atoms in total. The third-order valence-electron chi connectivity index (χ3n) is 10.00. The Morgan fingerprint density at radius 2 is 2.03 bits per heavy atom. The zero-order valence-electron chi connectivity index (χ0n) is 21.8. The lowest BCUT2D eigenvalue weighted by atomic mass is 9.61. The number of anilines is 2. The molecule has 7 heteroatoms. The summed E-state index contributed by atoms with van der Waals surface area (Å²) in [6, 6.07) is 14.6. The number of hydrogen-bond donors (Lipinski definition) is 1. The van der Waals surface area contributed by atoms with Crippen LogP contribution in [0.25, 0.3) is 0 Å². The second kappa shape index (κ2) is 8.65. The van der Waals surface area contributed by atoms with Gasteiger partial charge in [0.05, 0.1) is 12.0 Å². The summed E-state index contributed by atoms with van der Waals surface area (Å²) in [7, 11) is 0. The van der Waals surface area contributed by atoms with E-state index in [0.717, 1.165) is 76.9 Å². The van der Waals surface area contributed by atoms with Crippen molar-refractivity contribution in [3.05, 3.63) is 82.1 Å². The largest absolute Gasteiger partial charge is 1.00 e. The van der Waals surface area contributed by atoms with Gasteiger partial charge in [0, 0.05) is 60.4 Å². The second-order valence-electron chi connectivity index (χ2n) is 11.5. The standard InChI is InChI=1S/C31H31N3O3.ClH/c1-3-20-16-34(17-28(37)22-8-9-27-21(14-22)10-12-33(27)19(2)36)13-11-31-25-6-4-5-7-26(25)32-30(31)24(18-35)23(20)15-29(31)34;/h3-9,14,18,23,29H,10-13,15-17H2,1-2H3;1H/b20-3-;/t23-,29-,31+,34?;/m0./s1. The van der Waals surface area contributed by atoms with Crippen LogP contribution in [-0.4, -0.2) is 54.7 Å². The van der Waals surface area contributed by atoms with Gasteiger partial charge in [0.15, 0.2) is 0 Å². The number of rotatable bonds is 4. The van der Waals surface area contributed by atoms with Gasteiger partial charge in [-0.1, -0.05) is 24.3 Å². The molecule has 4 atom stereocenters. The van der Waals surface area contributed by atoms with Crippen LogP contribution in [0.1, 0.15) is 48.2 Å². The van der Waals surface area contributed by atoms with Crippen LogP contribution in [0.15, 0.2) is 65.4 Å². The molecule has 5 aliphatic rings. The summed E-state index contributed by atoms with van der Waals surface area (Å²) in [5.74, 6) is 0.331. The molecule has 4 heterocycles. The fourth-order valence-electron chi connectivity index (χ4n) is 8.41. The maximum absolute atomic E-state index is 13.9. The number of allylic oxidation sites excluding steroid dienone is 2. The predicted octanol–water partition coefficient (Wildman–Crippen LogP) is 1.17. The Balaban J connectivity index is 0.00000264. The maximum Gasteiger partial charge on any atom is 0.223 e. The van der Waals surface area contributed by atoms with E-state index in [9.17, 15) is 14.4 Å². The Kier molecular flexibility index (Phi) is 5.71. The molecule has 1 N–H and O–H groups in total. The van der Waals surface area contributed by atoms with Crippen molar-refractivity contribution in [1.29, 1.82) is 0 Å². The number of fused-ring (bicyclic) bond motifs is 3. The van der Waals surface area contributed by atoms with Crippen molar-refractivity contribution in [2.24, 2.45) is 5.92 Å². The predicted molar refractivity (Wildman–Crippen MR) is 142 cm³/mol. The zero-order chi connectivity index (χ0) is 25.5. The molecule has 7 rings (SSSR count). The van der Waals surface area contributed by atoms with E-state index in [1.807, 2.05) is 24.3 Å². The number of carbonyl (C=O) groups excluding carboxylic acids is 3. The highest BCUT2D eigenvalue weighted by molar-refractivity contribution is 5.99. The molecule has 38 heavy (non-hydrogen) atoms. The van der Waals surface area contributed by atoms with Crippen molar-refractivity contribution in [1.82, 2.24) is 0 Å². The summed E-state index contributed by atoms with van der Waals surface area (Å²) in [4.78, 5) is 40.2. The smallest absolute Gasteiger partial charge is 0.223 e. The Bertz CT molecular complexity index is 1460. The van der Waals surface area contributed by atoms with Gasteiger partial charge in [0.2, 0.25) is 11.7 Å². The van der Waals surface area contributed by atoms with Crippen molar-refractivity contribution in [3.63, 3.8) is 0 Å². The van der Waals surface area contributed by atoms with Gasteiger partial charge < -0.3 is 27.1 Å². The molecule has 196 valence electrons. The van der Waals surface area contributed by atoms with Crippen LogP contribution in [0.3, 0.4) is 0 Å². The molecule has 2 fully saturated rings.